The van der Waals surface area contributed by atoms with Gasteiger partial charge in [-0.15, -0.1) is 0 Å². The van der Waals surface area contributed by atoms with Gasteiger partial charge in [-0.3, -0.25) is 0 Å². The van der Waals surface area contributed by atoms with Crippen molar-refractivity contribution in [2.45, 2.75) is 19.4 Å². The molecule has 0 fully saturated rings. The third-order valence-electron chi connectivity index (χ3n) is 1.69. The Labute approximate surface area is 90.7 Å². The van der Waals surface area contributed by atoms with Gasteiger partial charge in [0.2, 0.25) is 0 Å². The molecule has 0 bridgehead atoms. The van der Waals surface area contributed by atoms with Crippen LogP contribution in [0.1, 0.15) is 24.9 Å². The minimum Gasteiger partial charge on any atom is -0.324 e. The monoisotopic (exact) mass is 296 g/mol. The molecular weight excluding hydrogens is 286 g/mol. The molecule has 1 aromatic rings. The number of nitrogens with two attached hydrogens (primary N) is 1. The summed E-state index contributed by atoms with van der Waals surface area (Å²) in [4.78, 5) is 4.03. The normalized spacial score (nSPS) is 13.0. The molecule has 1 heterocycles. The minimum absolute atomic E-state index is 0.0725. The van der Waals surface area contributed by atoms with Crippen LogP contribution >= 0.6 is 34.2 Å². The fourth-order valence-electron chi connectivity index (χ4n) is 0.874. The number of rotatable bonds is 2. The van der Waals surface area contributed by atoms with E-state index < -0.39 is 0 Å². The van der Waals surface area contributed by atoms with Crippen LogP contribution in [0.15, 0.2) is 12.3 Å². The molecule has 1 atom stereocenters. The smallest absolute Gasteiger partial charge is 0.142 e. The van der Waals surface area contributed by atoms with E-state index in [9.17, 15) is 0 Å². The van der Waals surface area contributed by atoms with E-state index in [1.807, 2.05) is 13.0 Å². The van der Waals surface area contributed by atoms with Crippen molar-refractivity contribution in [2.75, 3.05) is 0 Å². The van der Waals surface area contributed by atoms with Crippen LogP contribution in [0.4, 0.5) is 0 Å². The molecule has 0 amide bonds. The lowest BCUT2D eigenvalue weighted by atomic mass is 10.1. The van der Waals surface area contributed by atoms with Crippen molar-refractivity contribution in [2.24, 2.45) is 5.73 Å². The average Bonchev–Trinajstić information content (AvgIpc) is 2.08. The van der Waals surface area contributed by atoms with Crippen LogP contribution in [0.25, 0.3) is 0 Å². The van der Waals surface area contributed by atoms with E-state index in [0.717, 1.165) is 15.6 Å². The first-order valence-electron chi connectivity index (χ1n) is 3.71. The first-order chi connectivity index (χ1) is 5.65. The Morgan fingerprint density at radius 3 is 2.92 bits per heavy atom. The van der Waals surface area contributed by atoms with Crippen LogP contribution in [0, 0.1) is 3.57 Å². The van der Waals surface area contributed by atoms with Crippen molar-refractivity contribution in [1.82, 2.24) is 4.98 Å². The second-order valence-corrected chi connectivity index (χ2v) is 4.08. The molecule has 1 rings (SSSR count). The molecule has 0 spiro atoms. The fraction of sp³-hybridized carbons (Fsp3) is 0.375. The number of nitrogens with zero attached hydrogens (tertiary/aromatic N) is 1. The summed E-state index contributed by atoms with van der Waals surface area (Å²) in [5, 5.41) is 0.544. The summed E-state index contributed by atoms with van der Waals surface area (Å²) in [6.07, 6.45) is 2.65. The summed E-state index contributed by atoms with van der Waals surface area (Å²) >= 11 is 7.92. The number of aromatic nitrogens is 1. The lowest BCUT2D eigenvalue weighted by molar-refractivity contribution is 0.694. The van der Waals surface area contributed by atoms with E-state index in [1.165, 1.54) is 0 Å². The molecule has 0 aliphatic carbocycles. The van der Waals surface area contributed by atoms with E-state index in [4.69, 9.17) is 17.3 Å². The maximum atomic E-state index is 5.83. The lowest BCUT2D eigenvalue weighted by Gasteiger charge is -2.08. The Balaban J connectivity index is 2.96. The number of pyridine rings is 1. The van der Waals surface area contributed by atoms with E-state index >= 15 is 0 Å². The summed E-state index contributed by atoms with van der Waals surface area (Å²) in [6, 6.07) is 2.05. The van der Waals surface area contributed by atoms with Crippen molar-refractivity contribution in [3.05, 3.63) is 26.5 Å². The second-order valence-electron chi connectivity index (χ2n) is 2.56. The molecule has 2 nitrogen and oxygen atoms in total. The van der Waals surface area contributed by atoms with Gasteiger partial charge >= 0.3 is 0 Å². The van der Waals surface area contributed by atoms with Gasteiger partial charge in [-0.25, -0.2) is 4.98 Å². The van der Waals surface area contributed by atoms with Gasteiger partial charge in [-0.2, -0.15) is 0 Å². The highest BCUT2D eigenvalue weighted by Gasteiger charge is 2.05. The predicted octanol–water partition coefficient (Wildman–Crippen LogP) is 2.75. The summed E-state index contributed by atoms with van der Waals surface area (Å²) in [6.45, 7) is 2.05. The highest BCUT2D eigenvalue weighted by atomic mass is 127. The van der Waals surface area contributed by atoms with E-state index in [1.54, 1.807) is 6.20 Å². The SMILES string of the molecule is CCC(N)c1cnc(Cl)c(I)c1. The number of hydrogen-bond acceptors (Lipinski definition) is 2. The first-order valence-corrected chi connectivity index (χ1v) is 5.17. The maximum Gasteiger partial charge on any atom is 0.142 e. The van der Waals surface area contributed by atoms with Crippen LogP contribution in [0.5, 0.6) is 0 Å². The molecule has 0 aliphatic heterocycles. The van der Waals surface area contributed by atoms with Gasteiger partial charge in [0.15, 0.2) is 0 Å². The molecule has 12 heavy (non-hydrogen) atoms. The Bertz CT molecular complexity index is 278. The topological polar surface area (TPSA) is 38.9 Å². The maximum absolute atomic E-state index is 5.83. The minimum atomic E-state index is 0.0725. The lowest BCUT2D eigenvalue weighted by Crippen LogP contribution is -2.09. The fourth-order valence-corrected chi connectivity index (χ4v) is 1.48. The van der Waals surface area contributed by atoms with Crippen molar-refractivity contribution >= 4 is 34.2 Å². The summed E-state index contributed by atoms with van der Waals surface area (Å²) in [5.74, 6) is 0. The molecule has 0 saturated heterocycles. The van der Waals surface area contributed by atoms with Crippen LogP contribution in [0.2, 0.25) is 5.15 Å². The molecule has 0 aliphatic rings. The van der Waals surface area contributed by atoms with Gasteiger partial charge < -0.3 is 5.73 Å². The summed E-state index contributed by atoms with van der Waals surface area (Å²) in [5.41, 5.74) is 6.87. The zero-order valence-electron chi connectivity index (χ0n) is 6.72. The average molecular weight is 297 g/mol. The van der Waals surface area contributed by atoms with Crippen LogP contribution in [0.3, 0.4) is 0 Å². The quantitative estimate of drug-likeness (QED) is 0.673. The second kappa shape index (κ2) is 4.39. The van der Waals surface area contributed by atoms with Gasteiger partial charge in [0.25, 0.3) is 0 Å². The van der Waals surface area contributed by atoms with Crippen LogP contribution in [-0.2, 0) is 0 Å². The number of halogens is 2. The third-order valence-corrected chi connectivity index (χ3v) is 3.13. The standard InChI is InChI=1S/C8H10ClIN2/c1-2-7(11)5-3-6(10)8(9)12-4-5/h3-4,7H,2,11H2,1H3. The van der Waals surface area contributed by atoms with E-state index in [0.29, 0.717) is 5.15 Å². The van der Waals surface area contributed by atoms with E-state index in [-0.39, 0.29) is 6.04 Å². The zero-order valence-corrected chi connectivity index (χ0v) is 9.63. The molecule has 0 aromatic carbocycles. The molecule has 1 aromatic heterocycles. The largest absolute Gasteiger partial charge is 0.324 e. The predicted molar refractivity (Wildman–Crippen MR) is 59.2 cm³/mol. The third kappa shape index (κ3) is 2.31. The molecule has 0 saturated carbocycles. The molecule has 2 N–H and O–H groups in total. The summed E-state index contributed by atoms with van der Waals surface area (Å²) < 4.78 is 0.954. The van der Waals surface area contributed by atoms with Gasteiger partial charge in [-0.05, 0) is 40.6 Å². The van der Waals surface area contributed by atoms with E-state index in [2.05, 4.69) is 27.6 Å². The highest BCUT2D eigenvalue weighted by molar-refractivity contribution is 14.1. The molecule has 0 radical (unpaired) electrons. The van der Waals surface area contributed by atoms with Gasteiger partial charge in [-0.1, -0.05) is 18.5 Å². The van der Waals surface area contributed by atoms with Gasteiger partial charge in [0.05, 0.1) is 3.57 Å². The van der Waals surface area contributed by atoms with Crippen LogP contribution in [-0.4, -0.2) is 4.98 Å². The Kier molecular flexibility index (Phi) is 3.74. The van der Waals surface area contributed by atoms with Crippen molar-refractivity contribution in [3.63, 3.8) is 0 Å². The van der Waals surface area contributed by atoms with Gasteiger partial charge in [0.1, 0.15) is 5.15 Å². The van der Waals surface area contributed by atoms with Crippen molar-refractivity contribution in [3.8, 4) is 0 Å². The van der Waals surface area contributed by atoms with Crippen molar-refractivity contribution in [1.29, 1.82) is 0 Å². The van der Waals surface area contributed by atoms with Crippen LogP contribution < -0.4 is 5.73 Å². The Hall–Kier alpha value is 0.130. The molecule has 66 valence electrons. The molecule has 4 heteroatoms. The first kappa shape index (κ1) is 10.2. The summed E-state index contributed by atoms with van der Waals surface area (Å²) in [7, 11) is 0. The van der Waals surface area contributed by atoms with Gasteiger partial charge in [0, 0.05) is 12.2 Å². The molecular formula is C8H10ClIN2. The zero-order chi connectivity index (χ0) is 9.14. The molecule has 1 unspecified atom stereocenters. The number of hydrogen-bond donors (Lipinski definition) is 1. The van der Waals surface area contributed by atoms with Crippen molar-refractivity contribution < 1.29 is 0 Å². The highest BCUT2D eigenvalue weighted by Crippen LogP contribution is 2.20. The Morgan fingerprint density at radius 2 is 2.42 bits per heavy atom. The Morgan fingerprint density at radius 1 is 1.75 bits per heavy atom.